The van der Waals surface area contributed by atoms with Crippen molar-refractivity contribution in [2.75, 3.05) is 0 Å². The average Bonchev–Trinajstić information content (AvgIpc) is 3.99. The molecule has 282 valence electrons. The van der Waals surface area contributed by atoms with E-state index in [2.05, 4.69) is 159 Å². The van der Waals surface area contributed by atoms with Gasteiger partial charge in [-0.25, -0.2) is 29.9 Å². The van der Waals surface area contributed by atoms with Crippen LogP contribution in [0.25, 0.3) is 133 Å². The van der Waals surface area contributed by atoms with Crippen LogP contribution < -0.4 is 0 Å². The van der Waals surface area contributed by atoms with E-state index in [1.54, 1.807) is 0 Å². The predicted octanol–water partition coefficient (Wildman–Crippen LogP) is 12.7. The Morgan fingerprint density at radius 3 is 1.08 bits per heavy atom. The SMILES string of the molecule is Cc1ccc2ccc3c(c2c1)-c1nc-3nc2[nH]c(nc3nc(nc4[nH]c(n1)c1ccc5ccc(C)cc5c41)-c1c-3ccc3ccc(C)cc13)c1ccc3ccc(C)cc3c21. The third-order valence-corrected chi connectivity index (χ3v) is 12.4. The van der Waals surface area contributed by atoms with E-state index in [1.807, 2.05) is 0 Å². The second kappa shape index (κ2) is 11.9. The smallest absolute Gasteiger partial charge is 0.165 e. The molecule has 0 radical (unpaired) electrons. The minimum atomic E-state index is 0.584. The number of hydrogen-bond donors (Lipinski definition) is 2. The molecule has 0 spiro atoms. The molecule has 2 N–H and O–H groups in total. The summed E-state index contributed by atoms with van der Waals surface area (Å²) >= 11 is 0. The van der Waals surface area contributed by atoms with Crippen LogP contribution in [0.1, 0.15) is 22.3 Å². The van der Waals surface area contributed by atoms with Crippen LogP contribution in [0.4, 0.5) is 0 Å². The number of rotatable bonds is 0. The number of fused-ring (bicyclic) bond motifs is 28. The van der Waals surface area contributed by atoms with Crippen LogP contribution in [0.5, 0.6) is 0 Å². The second-order valence-corrected chi connectivity index (χ2v) is 16.5. The molecular weight excluding hydrogens is 737 g/mol. The van der Waals surface area contributed by atoms with Crippen molar-refractivity contribution in [3.63, 3.8) is 0 Å². The van der Waals surface area contributed by atoms with Crippen LogP contribution in [-0.2, 0) is 0 Å². The normalized spacial score (nSPS) is 12.3. The van der Waals surface area contributed by atoms with Gasteiger partial charge in [-0.2, -0.15) is 0 Å². The van der Waals surface area contributed by atoms with Crippen LogP contribution in [0.15, 0.2) is 121 Å². The van der Waals surface area contributed by atoms with E-state index in [0.29, 0.717) is 45.9 Å². The zero-order valence-corrected chi connectivity index (χ0v) is 33.2. The van der Waals surface area contributed by atoms with Gasteiger partial charge in [0.25, 0.3) is 0 Å². The van der Waals surface area contributed by atoms with Crippen molar-refractivity contribution in [1.29, 1.82) is 0 Å². The van der Waals surface area contributed by atoms with Crippen molar-refractivity contribution in [2.45, 2.75) is 27.7 Å². The molecule has 0 aliphatic carbocycles. The molecule has 8 bridgehead atoms. The number of aromatic nitrogens is 8. The Kier molecular flexibility index (Phi) is 6.56. The molecule has 2 aliphatic heterocycles. The van der Waals surface area contributed by atoms with E-state index in [0.717, 1.165) is 109 Å². The summed E-state index contributed by atoms with van der Waals surface area (Å²) in [5.74, 6) is 2.35. The van der Waals surface area contributed by atoms with Gasteiger partial charge in [0, 0.05) is 43.8 Å². The minimum Gasteiger partial charge on any atom is -0.324 e. The predicted molar refractivity (Wildman–Crippen MR) is 245 cm³/mol. The van der Waals surface area contributed by atoms with Crippen molar-refractivity contribution >= 4 is 87.2 Å². The van der Waals surface area contributed by atoms with E-state index in [4.69, 9.17) is 29.9 Å². The number of H-pyrrole nitrogens is 2. The van der Waals surface area contributed by atoms with Crippen LogP contribution in [-0.4, -0.2) is 39.9 Å². The first-order valence-corrected chi connectivity index (χ1v) is 20.3. The van der Waals surface area contributed by atoms with E-state index in [-0.39, 0.29) is 0 Å². The van der Waals surface area contributed by atoms with Crippen molar-refractivity contribution < 1.29 is 0 Å². The number of nitrogens with zero attached hydrogens (tertiary/aromatic N) is 6. The molecule has 13 rings (SSSR count). The average molecular weight is 771 g/mol. The zero-order chi connectivity index (χ0) is 40.0. The highest BCUT2D eigenvalue weighted by atomic mass is 15.1. The maximum atomic E-state index is 5.49. The molecule has 60 heavy (non-hydrogen) atoms. The summed E-state index contributed by atoms with van der Waals surface area (Å²) < 4.78 is 0. The quantitative estimate of drug-likeness (QED) is 0.159. The molecular formula is C52H34N8. The Labute approximate surface area is 342 Å². The lowest BCUT2D eigenvalue weighted by atomic mass is 9.98. The number of benzene rings is 8. The van der Waals surface area contributed by atoms with Crippen LogP contribution in [0, 0.1) is 27.7 Å². The Balaban J connectivity index is 1.28. The summed E-state index contributed by atoms with van der Waals surface area (Å²) in [6.07, 6.45) is 0. The largest absolute Gasteiger partial charge is 0.324 e. The molecule has 0 unspecified atom stereocenters. The highest BCUT2D eigenvalue weighted by Crippen LogP contribution is 2.43. The van der Waals surface area contributed by atoms with Crippen molar-refractivity contribution in [3.05, 3.63) is 144 Å². The number of nitrogens with one attached hydrogen (secondary N) is 2. The van der Waals surface area contributed by atoms with E-state index < -0.39 is 0 Å². The Morgan fingerprint density at radius 2 is 0.633 bits per heavy atom. The molecule has 0 fully saturated rings. The van der Waals surface area contributed by atoms with Gasteiger partial charge in [0.15, 0.2) is 23.3 Å². The van der Waals surface area contributed by atoms with E-state index in [9.17, 15) is 0 Å². The summed E-state index contributed by atoms with van der Waals surface area (Å²) in [6, 6.07) is 43.3. The maximum absolute atomic E-state index is 5.49. The summed E-state index contributed by atoms with van der Waals surface area (Å²) in [4.78, 5) is 39.7. The van der Waals surface area contributed by atoms with Gasteiger partial charge in [0.2, 0.25) is 0 Å². The molecule has 8 nitrogen and oxygen atoms in total. The monoisotopic (exact) mass is 770 g/mol. The molecule has 3 aromatic heterocycles. The minimum absolute atomic E-state index is 0.584. The standard InChI is InChI=1S/C52H34N8/c1-25-5-9-29-13-17-33-41(37(29)21-25)49-54-45(33)53-46-34-18-14-31-11-7-27(3)23-39(31)43(34)51(55-46)60-52-44-36(20-16-32-12-8-28(4)24-40(32)44)48(59-52)58-50-42-35(47(56-49)57-50)19-15-30-10-6-26(2)22-38(30)42/h5-24H,1-4H3,(H2,53,54,55,56,57,58,59,60). The van der Waals surface area contributed by atoms with E-state index in [1.165, 1.54) is 0 Å². The van der Waals surface area contributed by atoms with Crippen molar-refractivity contribution in [3.8, 4) is 45.6 Å². The zero-order valence-electron chi connectivity index (χ0n) is 33.2. The molecule has 5 heterocycles. The lowest BCUT2D eigenvalue weighted by Crippen LogP contribution is -1.86. The number of hydrogen-bond acceptors (Lipinski definition) is 6. The molecule has 0 atom stereocenters. The van der Waals surface area contributed by atoms with Gasteiger partial charge in [-0.15, -0.1) is 0 Å². The summed E-state index contributed by atoms with van der Waals surface area (Å²) in [6.45, 7) is 8.50. The highest BCUT2D eigenvalue weighted by Gasteiger charge is 2.26. The summed E-state index contributed by atoms with van der Waals surface area (Å²) in [7, 11) is 0. The summed E-state index contributed by atoms with van der Waals surface area (Å²) in [5, 5.41) is 12.7. The molecule has 8 heteroatoms. The lowest BCUT2D eigenvalue weighted by Gasteiger charge is -2.06. The van der Waals surface area contributed by atoms with Crippen LogP contribution >= 0.6 is 0 Å². The fourth-order valence-corrected chi connectivity index (χ4v) is 9.51. The second-order valence-electron chi connectivity index (χ2n) is 16.5. The Morgan fingerprint density at radius 1 is 0.300 bits per heavy atom. The molecule has 0 saturated heterocycles. The van der Waals surface area contributed by atoms with Gasteiger partial charge in [-0.1, -0.05) is 119 Å². The van der Waals surface area contributed by atoms with Crippen LogP contribution in [0.2, 0.25) is 0 Å². The third-order valence-electron chi connectivity index (χ3n) is 12.4. The summed E-state index contributed by atoms with van der Waals surface area (Å²) in [5.41, 5.74) is 11.1. The molecule has 2 aliphatic rings. The first kappa shape index (κ1) is 33.2. The van der Waals surface area contributed by atoms with Gasteiger partial charge >= 0.3 is 0 Å². The fourth-order valence-electron chi connectivity index (χ4n) is 9.51. The number of aromatic amines is 2. The van der Waals surface area contributed by atoms with Gasteiger partial charge < -0.3 is 9.97 Å². The van der Waals surface area contributed by atoms with Gasteiger partial charge in [0.1, 0.15) is 22.6 Å². The highest BCUT2D eigenvalue weighted by molar-refractivity contribution is 6.21. The third kappa shape index (κ3) is 4.73. The molecule has 0 amide bonds. The lowest BCUT2D eigenvalue weighted by molar-refractivity contribution is 1.19. The van der Waals surface area contributed by atoms with Gasteiger partial charge in [-0.3, -0.25) is 0 Å². The fraction of sp³-hybridized carbons (Fsp3) is 0.0769. The topological polar surface area (TPSA) is 109 Å². The maximum Gasteiger partial charge on any atom is 0.165 e. The van der Waals surface area contributed by atoms with Crippen LogP contribution in [0.3, 0.4) is 0 Å². The molecule has 0 saturated carbocycles. The first-order chi connectivity index (χ1) is 29.3. The molecule has 8 aromatic carbocycles. The van der Waals surface area contributed by atoms with Crippen molar-refractivity contribution in [1.82, 2.24) is 39.9 Å². The Hall–Kier alpha value is -7.84. The first-order valence-electron chi connectivity index (χ1n) is 20.3. The van der Waals surface area contributed by atoms with Crippen molar-refractivity contribution in [2.24, 2.45) is 0 Å². The Bertz CT molecular complexity index is 3950. The number of aryl methyl sites for hydroxylation is 4. The van der Waals surface area contributed by atoms with Gasteiger partial charge in [-0.05, 0) is 95.1 Å². The molecule has 11 aromatic rings. The van der Waals surface area contributed by atoms with Gasteiger partial charge in [0.05, 0.1) is 0 Å². The van der Waals surface area contributed by atoms with E-state index >= 15 is 0 Å².